The Labute approximate surface area is 191 Å². The molecule has 3 aromatic heterocycles. The molecule has 2 nitrogen and oxygen atoms in total. The van der Waals surface area contributed by atoms with Gasteiger partial charge in [0.25, 0.3) is 0 Å². The van der Waals surface area contributed by atoms with Crippen LogP contribution in [-0.4, -0.2) is 9.38 Å². The summed E-state index contributed by atoms with van der Waals surface area (Å²) in [5, 5.41) is 9.23. The summed E-state index contributed by atoms with van der Waals surface area (Å²) >= 11 is 0. The lowest BCUT2D eigenvalue weighted by atomic mass is 9.91. The molecule has 1 aliphatic carbocycles. The highest BCUT2D eigenvalue weighted by molar-refractivity contribution is 6.29. The standard InChI is InChI=1S/C31H24N2/c1-2-8-19(7-1)15-23-16-22-13-14-32-30-25-17-20-9-3-4-10-21(20)18-27(25)33-26-12-6-5-11-24(26)28(23)31(33)29(22)30/h3-6,9-14,16-19H,1-2,7-8,15H2. The molecular weight excluding hydrogens is 400 g/mol. The van der Waals surface area contributed by atoms with Crippen LogP contribution < -0.4 is 0 Å². The Bertz CT molecular complexity index is 1850. The molecule has 0 aliphatic heterocycles. The minimum absolute atomic E-state index is 0.813. The van der Waals surface area contributed by atoms with Crippen LogP contribution in [0.15, 0.2) is 79.0 Å². The number of nitrogens with zero attached hydrogens (tertiary/aromatic N) is 2. The largest absolute Gasteiger partial charge is 0.308 e. The Balaban J connectivity index is 1.65. The minimum atomic E-state index is 0.813. The molecule has 0 bridgehead atoms. The van der Waals surface area contributed by atoms with Crippen LogP contribution in [0.3, 0.4) is 0 Å². The lowest BCUT2D eigenvalue weighted by molar-refractivity contribution is 0.549. The number of aromatic nitrogens is 2. The topological polar surface area (TPSA) is 17.3 Å². The summed E-state index contributed by atoms with van der Waals surface area (Å²) in [6.45, 7) is 0. The van der Waals surface area contributed by atoms with Crippen molar-refractivity contribution >= 4 is 59.8 Å². The van der Waals surface area contributed by atoms with Crippen LogP contribution in [0.4, 0.5) is 0 Å². The van der Waals surface area contributed by atoms with E-state index in [4.69, 9.17) is 4.98 Å². The highest BCUT2D eigenvalue weighted by atomic mass is 14.9. The maximum atomic E-state index is 4.96. The maximum absolute atomic E-state index is 4.96. The molecular formula is C31H24N2. The van der Waals surface area contributed by atoms with Crippen molar-refractivity contribution in [2.45, 2.75) is 32.1 Å². The molecule has 0 spiro atoms. The van der Waals surface area contributed by atoms with Crippen LogP contribution in [0.1, 0.15) is 31.2 Å². The summed E-state index contributed by atoms with van der Waals surface area (Å²) in [5.74, 6) is 0.813. The second-order valence-electron chi connectivity index (χ2n) is 9.94. The molecule has 2 heteroatoms. The first-order valence-electron chi connectivity index (χ1n) is 12.2. The smallest absolute Gasteiger partial charge is 0.0822 e. The van der Waals surface area contributed by atoms with Crippen LogP contribution >= 0.6 is 0 Å². The van der Waals surface area contributed by atoms with Gasteiger partial charge in [-0.25, -0.2) is 0 Å². The first-order chi connectivity index (χ1) is 16.4. The Morgan fingerprint density at radius 1 is 0.727 bits per heavy atom. The van der Waals surface area contributed by atoms with Gasteiger partial charge in [0.15, 0.2) is 0 Å². The van der Waals surface area contributed by atoms with E-state index in [1.807, 2.05) is 6.20 Å². The van der Waals surface area contributed by atoms with Gasteiger partial charge >= 0.3 is 0 Å². The van der Waals surface area contributed by atoms with Crippen LogP contribution in [0.25, 0.3) is 59.8 Å². The number of benzene rings is 4. The summed E-state index contributed by atoms with van der Waals surface area (Å²) in [7, 11) is 0. The van der Waals surface area contributed by atoms with E-state index in [1.165, 1.54) is 91.9 Å². The Kier molecular flexibility index (Phi) is 3.49. The minimum Gasteiger partial charge on any atom is -0.308 e. The molecule has 0 radical (unpaired) electrons. The van der Waals surface area contributed by atoms with Crippen molar-refractivity contribution < 1.29 is 0 Å². The average molecular weight is 425 g/mol. The van der Waals surface area contributed by atoms with Crippen LogP contribution in [-0.2, 0) is 6.42 Å². The number of hydrogen-bond acceptors (Lipinski definition) is 1. The van der Waals surface area contributed by atoms with E-state index in [9.17, 15) is 0 Å². The van der Waals surface area contributed by atoms with Gasteiger partial charge in [-0.3, -0.25) is 4.98 Å². The van der Waals surface area contributed by atoms with E-state index in [1.54, 1.807) is 0 Å². The molecule has 0 amide bonds. The van der Waals surface area contributed by atoms with Gasteiger partial charge in [-0.05, 0) is 58.3 Å². The van der Waals surface area contributed by atoms with Crippen LogP contribution in [0.2, 0.25) is 0 Å². The molecule has 0 saturated heterocycles. The van der Waals surface area contributed by atoms with Gasteiger partial charge < -0.3 is 4.40 Å². The third-order valence-corrected chi connectivity index (χ3v) is 8.09. The van der Waals surface area contributed by atoms with Gasteiger partial charge in [0.1, 0.15) is 0 Å². The number of fused-ring (bicyclic) bond motifs is 7. The maximum Gasteiger partial charge on any atom is 0.0822 e. The highest BCUT2D eigenvalue weighted by Crippen LogP contribution is 2.44. The zero-order chi connectivity index (χ0) is 21.5. The molecule has 4 aromatic carbocycles. The molecule has 0 atom stereocenters. The van der Waals surface area contributed by atoms with E-state index < -0.39 is 0 Å². The lowest BCUT2D eigenvalue weighted by Crippen LogP contribution is -2.01. The summed E-state index contributed by atoms with van der Waals surface area (Å²) in [4.78, 5) is 4.96. The van der Waals surface area contributed by atoms with Crippen molar-refractivity contribution in [3.63, 3.8) is 0 Å². The van der Waals surface area contributed by atoms with Crippen molar-refractivity contribution in [2.75, 3.05) is 0 Å². The zero-order valence-electron chi connectivity index (χ0n) is 18.5. The summed E-state index contributed by atoms with van der Waals surface area (Å²) in [6, 6.07) is 27.1. The highest BCUT2D eigenvalue weighted by Gasteiger charge is 2.23. The first-order valence-corrected chi connectivity index (χ1v) is 12.2. The van der Waals surface area contributed by atoms with Gasteiger partial charge in [0, 0.05) is 27.7 Å². The van der Waals surface area contributed by atoms with E-state index in [0.717, 1.165) is 11.4 Å². The fraction of sp³-hybridized carbons (Fsp3) is 0.194. The average Bonchev–Trinajstić information content (AvgIpc) is 3.49. The first kappa shape index (κ1) is 17.9. The van der Waals surface area contributed by atoms with Crippen molar-refractivity contribution in [3.05, 3.63) is 84.6 Å². The number of para-hydroxylation sites is 1. The quantitative estimate of drug-likeness (QED) is 0.202. The van der Waals surface area contributed by atoms with Crippen molar-refractivity contribution in [1.82, 2.24) is 9.38 Å². The fourth-order valence-corrected chi connectivity index (χ4v) is 6.65. The molecule has 0 unspecified atom stereocenters. The second kappa shape index (κ2) is 6.45. The van der Waals surface area contributed by atoms with Gasteiger partial charge in [0.05, 0.1) is 22.1 Å². The number of hydrogen-bond donors (Lipinski definition) is 0. The Hall–Kier alpha value is -3.65. The van der Waals surface area contributed by atoms with Gasteiger partial charge in [-0.15, -0.1) is 0 Å². The second-order valence-corrected chi connectivity index (χ2v) is 9.94. The molecule has 1 fully saturated rings. The van der Waals surface area contributed by atoms with Crippen LogP contribution in [0, 0.1) is 5.92 Å². The van der Waals surface area contributed by atoms with Crippen LogP contribution in [0.5, 0.6) is 0 Å². The third-order valence-electron chi connectivity index (χ3n) is 8.09. The zero-order valence-corrected chi connectivity index (χ0v) is 18.5. The normalized spacial score (nSPS) is 15.4. The molecule has 158 valence electrons. The van der Waals surface area contributed by atoms with E-state index >= 15 is 0 Å². The monoisotopic (exact) mass is 424 g/mol. The molecule has 1 aliphatic rings. The summed E-state index contributed by atoms with van der Waals surface area (Å²) < 4.78 is 2.53. The molecule has 3 heterocycles. The Morgan fingerprint density at radius 3 is 2.39 bits per heavy atom. The predicted octanol–water partition coefficient (Wildman–Crippen LogP) is 8.27. The van der Waals surface area contributed by atoms with Gasteiger partial charge in [-0.1, -0.05) is 74.2 Å². The van der Waals surface area contributed by atoms with E-state index in [2.05, 4.69) is 77.2 Å². The molecule has 1 saturated carbocycles. The SMILES string of the molecule is c1ccc2cc3c(cc2c1)c1nccc2cc(CC4CCCC4)c4c5ccccc5n3c4c21. The van der Waals surface area contributed by atoms with Gasteiger partial charge in [0.2, 0.25) is 0 Å². The fourth-order valence-electron chi connectivity index (χ4n) is 6.65. The third kappa shape index (κ3) is 2.36. The number of rotatable bonds is 2. The molecule has 33 heavy (non-hydrogen) atoms. The van der Waals surface area contributed by atoms with E-state index in [-0.39, 0.29) is 0 Å². The lowest BCUT2D eigenvalue weighted by Gasteiger charge is -2.16. The summed E-state index contributed by atoms with van der Waals surface area (Å²) in [5.41, 5.74) is 6.55. The number of pyridine rings is 2. The van der Waals surface area contributed by atoms with Crippen molar-refractivity contribution in [3.8, 4) is 0 Å². The Morgan fingerprint density at radius 2 is 1.52 bits per heavy atom. The van der Waals surface area contributed by atoms with E-state index in [0.29, 0.717) is 0 Å². The predicted molar refractivity (Wildman–Crippen MR) is 140 cm³/mol. The molecule has 0 N–H and O–H groups in total. The van der Waals surface area contributed by atoms with Crippen molar-refractivity contribution in [1.29, 1.82) is 0 Å². The summed E-state index contributed by atoms with van der Waals surface area (Å²) in [6.07, 6.45) is 8.70. The molecule has 7 aromatic rings. The van der Waals surface area contributed by atoms with Crippen molar-refractivity contribution in [2.24, 2.45) is 5.92 Å². The molecule has 8 rings (SSSR count). The van der Waals surface area contributed by atoms with Gasteiger partial charge in [-0.2, -0.15) is 0 Å².